The molecule has 8 heteroatoms. The van der Waals surface area contributed by atoms with E-state index in [1.807, 2.05) is 0 Å². The summed E-state index contributed by atoms with van der Waals surface area (Å²) in [6.45, 7) is 0. The van der Waals surface area contributed by atoms with Crippen LogP contribution in [0, 0.1) is 0 Å². The number of benzene rings is 1. The summed E-state index contributed by atoms with van der Waals surface area (Å²) < 4.78 is 66.0. The Kier molecular flexibility index (Phi) is 4.20. The third-order valence-electron chi connectivity index (χ3n) is 1.88. The molecule has 1 aromatic carbocycles. The van der Waals surface area contributed by atoms with Crippen molar-refractivity contribution in [3.05, 3.63) is 24.3 Å². The minimum atomic E-state index is -5.90. The highest BCUT2D eigenvalue weighted by Gasteiger charge is 2.63. The van der Waals surface area contributed by atoms with Crippen LogP contribution in [0.15, 0.2) is 29.2 Å². The zero-order valence-corrected chi connectivity index (χ0v) is 9.74. The third-order valence-corrected chi connectivity index (χ3v) is 2.88. The second-order valence-electron chi connectivity index (χ2n) is 3.11. The van der Waals surface area contributed by atoms with Gasteiger partial charge in [-0.1, -0.05) is 12.1 Å². The highest BCUT2D eigenvalue weighted by molar-refractivity contribution is 8.14. The van der Waals surface area contributed by atoms with E-state index in [1.54, 1.807) is 0 Å². The van der Waals surface area contributed by atoms with Gasteiger partial charge in [-0.05, 0) is 23.9 Å². The Balaban J connectivity index is 2.95. The standard InChI is InChI=1S/C10H7F5O2S/c1-17-6-4-2-3-5-7(6)18-8(16)9(11,12)10(13,14)15/h2-5H,1H3. The van der Waals surface area contributed by atoms with Crippen molar-refractivity contribution in [2.45, 2.75) is 17.0 Å². The molecule has 0 radical (unpaired) electrons. The second-order valence-corrected chi connectivity index (χ2v) is 4.13. The van der Waals surface area contributed by atoms with Crippen molar-refractivity contribution in [2.24, 2.45) is 0 Å². The minimum absolute atomic E-state index is 0.0498. The predicted octanol–water partition coefficient (Wildman–Crippen LogP) is 3.51. The van der Waals surface area contributed by atoms with Gasteiger partial charge < -0.3 is 4.74 Å². The molecule has 0 saturated heterocycles. The average molecular weight is 286 g/mol. The van der Waals surface area contributed by atoms with Crippen LogP contribution >= 0.6 is 11.8 Å². The first-order valence-corrected chi connectivity index (χ1v) is 5.31. The molecule has 0 unspecified atom stereocenters. The molecule has 18 heavy (non-hydrogen) atoms. The van der Waals surface area contributed by atoms with Crippen LogP contribution in [-0.2, 0) is 4.79 Å². The second kappa shape index (κ2) is 5.13. The number of methoxy groups -OCH3 is 1. The van der Waals surface area contributed by atoms with Gasteiger partial charge in [-0.25, -0.2) is 0 Å². The van der Waals surface area contributed by atoms with Crippen LogP contribution in [-0.4, -0.2) is 24.3 Å². The van der Waals surface area contributed by atoms with Crippen molar-refractivity contribution >= 4 is 16.9 Å². The Bertz CT molecular complexity index is 444. The maximum Gasteiger partial charge on any atom is 0.462 e. The Morgan fingerprint density at radius 1 is 1.17 bits per heavy atom. The van der Waals surface area contributed by atoms with E-state index >= 15 is 0 Å². The molecule has 2 nitrogen and oxygen atoms in total. The largest absolute Gasteiger partial charge is 0.496 e. The topological polar surface area (TPSA) is 26.3 Å². The zero-order chi connectivity index (χ0) is 14.0. The highest BCUT2D eigenvalue weighted by atomic mass is 32.2. The van der Waals surface area contributed by atoms with E-state index in [1.165, 1.54) is 31.4 Å². The Hall–Kier alpha value is -1.31. The number of para-hydroxylation sites is 1. The lowest BCUT2D eigenvalue weighted by Crippen LogP contribution is -2.42. The van der Waals surface area contributed by atoms with Crippen molar-refractivity contribution in [2.75, 3.05) is 7.11 Å². The smallest absolute Gasteiger partial charge is 0.462 e. The molecular formula is C10H7F5O2S. The van der Waals surface area contributed by atoms with E-state index < -0.39 is 17.2 Å². The molecule has 0 amide bonds. The van der Waals surface area contributed by atoms with Gasteiger partial charge in [0.05, 0.1) is 12.0 Å². The van der Waals surface area contributed by atoms with E-state index in [-0.39, 0.29) is 22.4 Å². The molecule has 0 saturated carbocycles. The van der Waals surface area contributed by atoms with E-state index in [0.717, 1.165) is 0 Å². The first kappa shape index (κ1) is 14.7. The van der Waals surface area contributed by atoms with E-state index in [4.69, 9.17) is 4.74 Å². The van der Waals surface area contributed by atoms with Crippen molar-refractivity contribution < 1.29 is 31.5 Å². The number of carbonyl (C=O) groups is 1. The molecule has 0 aliphatic heterocycles. The maximum atomic E-state index is 12.7. The predicted molar refractivity (Wildman–Crippen MR) is 54.9 cm³/mol. The van der Waals surface area contributed by atoms with Crippen LogP contribution in [0.5, 0.6) is 5.75 Å². The lowest BCUT2D eigenvalue weighted by Gasteiger charge is -2.17. The number of carbonyl (C=O) groups excluding carboxylic acids is 1. The van der Waals surface area contributed by atoms with Crippen LogP contribution in [0.25, 0.3) is 0 Å². The van der Waals surface area contributed by atoms with Gasteiger partial charge in [0.25, 0.3) is 5.12 Å². The normalized spacial score (nSPS) is 12.3. The van der Waals surface area contributed by atoms with Crippen molar-refractivity contribution in [1.82, 2.24) is 0 Å². The fraction of sp³-hybridized carbons (Fsp3) is 0.300. The van der Waals surface area contributed by atoms with E-state index in [9.17, 15) is 26.7 Å². The number of ether oxygens (including phenoxy) is 1. The van der Waals surface area contributed by atoms with Gasteiger partial charge in [0, 0.05) is 0 Å². The average Bonchev–Trinajstić information content (AvgIpc) is 2.28. The van der Waals surface area contributed by atoms with Gasteiger partial charge >= 0.3 is 12.1 Å². The summed E-state index contributed by atoms with van der Waals surface area (Å²) in [5.41, 5.74) is 0. The number of thioether (sulfide) groups is 1. The molecule has 0 bridgehead atoms. The molecule has 0 atom stereocenters. The van der Waals surface area contributed by atoms with Crippen LogP contribution in [0.1, 0.15) is 0 Å². The Morgan fingerprint density at radius 3 is 2.22 bits per heavy atom. The van der Waals surface area contributed by atoms with Crippen LogP contribution in [0.4, 0.5) is 22.0 Å². The number of rotatable bonds is 3. The molecule has 0 fully saturated rings. The van der Waals surface area contributed by atoms with Crippen LogP contribution in [0.3, 0.4) is 0 Å². The van der Waals surface area contributed by atoms with Gasteiger partial charge in [0.2, 0.25) is 0 Å². The first-order valence-electron chi connectivity index (χ1n) is 4.50. The summed E-state index contributed by atoms with van der Waals surface area (Å²) in [6, 6.07) is 5.45. The zero-order valence-electron chi connectivity index (χ0n) is 8.92. The number of halogens is 5. The molecule has 0 aromatic heterocycles. The Labute approximate surface area is 103 Å². The van der Waals surface area contributed by atoms with Gasteiger partial charge in [0.1, 0.15) is 5.75 Å². The molecule has 0 N–H and O–H groups in total. The van der Waals surface area contributed by atoms with Crippen molar-refractivity contribution in [3.8, 4) is 5.75 Å². The van der Waals surface area contributed by atoms with Gasteiger partial charge in [-0.2, -0.15) is 22.0 Å². The summed E-state index contributed by atoms with van der Waals surface area (Å²) in [7, 11) is 1.21. The molecule has 1 aromatic rings. The molecule has 0 heterocycles. The maximum absolute atomic E-state index is 12.7. The van der Waals surface area contributed by atoms with Crippen molar-refractivity contribution in [3.63, 3.8) is 0 Å². The molecule has 0 spiro atoms. The van der Waals surface area contributed by atoms with Gasteiger partial charge in [0.15, 0.2) is 0 Å². The monoisotopic (exact) mass is 286 g/mol. The summed E-state index contributed by atoms with van der Waals surface area (Å²) in [4.78, 5) is 10.9. The molecule has 100 valence electrons. The Morgan fingerprint density at radius 2 is 1.72 bits per heavy atom. The lowest BCUT2D eigenvalue weighted by atomic mass is 10.3. The summed E-state index contributed by atoms with van der Waals surface area (Å²) in [5, 5.41) is -2.29. The SMILES string of the molecule is COc1ccccc1SC(=O)C(F)(F)C(F)(F)F. The van der Waals surface area contributed by atoms with E-state index in [0.29, 0.717) is 0 Å². The van der Waals surface area contributed by atoms with Gasteiger partial charge in [-0.3, -0.25) is 4.79 Å². The highest BCUT2D eigenvalue weighted by Crippen LogP contribution is 2.42. The number of hydrogen-bond acceptors (Lipinski definition) is 3. The molecule has 0 aliphatic carbocycles. The first-order chi connectivity index (χ1) is 8.20. The lowest BCUT2D eigenvalue weighted by molar-refractivity contribution is -0.264. The molecule has 0 aliphatic rings. The van der Waals surface area contributed by atoms with Gasteiger partial charge in [-0.15, -0.1) is 0 Å². The number of alkyl halides is 5. The van der Waals surface area contributed by atoms with E-state index in [2.05, 4.69) is 0 Å². The summed E-state index contributed by atoms with van der Waals surface area (Å²) >= 11 is -0.205. The quantitative estimate of drug-likeness (QED) is 0.628. The molecule has 1 rings (SSSR count). The number of hydrogen-bond donors (Lipinski definition) is 0. The minimum Gasteiger partial charge on any atom is -0.496 e. The third kappa shape index (κ3) is 2.92. The summed E-state index contributed by atoms with van der Waals surface area (Å²) in [6.07, 6.45) is -5.90. The fourth-order valence-electron chi connectivity index (χ4n) is 0.983. The molecular weight excluding hydrogens is 279 g/mol. The van der Waals surface area contributed by atoms with Crippen LogP contribution < -0.4 is 4.74 Å². The van der Waals surface area contributed by atoms with Crippen LogP contribution in [0.2, 0.25) is 0 Å². The van der Waals surface area contributed by atoms with Crippen molar-refractivity contribution in [1.29, 1.82) is 0 Å². The fourth-order valence-corrected chi connectivity index (χ4v) is 1.83. The summed E-state index contributed by atoms with van der Waals surface area (Å²) in [5.74, 6) is -5.34.